The number of benzene rings is 1. The van der Waals surface area contributed by atoms with Crippen LogP contribution in [0.4, 0.5) is 0 Å². The molecule has 27 heavy (non-hydrogen) atoms. The van der Waals surface area contributed by atoms with E-state index in [4.69, 9.17) is 9.47 Å². The Morgan fingerprint density at radius 3 is 2.63 bits per heavy atom. The largest absolute Gasteiger partial charge is 0.497 e. The summed E-state index contributed by atoms with van der Waals surface area (Å²) in [6, 6.07) is 7.24. The first-order valence-corrected chi connectivity index (χ1v) is 9.06. The van der Waals surface area contributed by atoms with Gasteiger partial charge in [-0.05, 0) is 51.0 Å². The van der Waals surface area contributed by atoms with E-state index >= 15 is 0 Å². The van der Waals surface area contributed by atoms with E-state index in [1.807, 2.05) is 24.3 Å². The number of hydrogen-bond donors (Lipinski definition) is 2. The topological polar surface area (TPSA) is 98.5 Å². The molecule has 1 aromatic carbocycles. The van der Waals surface area contributed by atoms with E-state index in [0.717, 1.165) is 18.6 Å². The molecule has 1 amide bonds. The molecule has 3 rings (SSSR count). The van der Waals surface area contributed by atoms with Gasteiger partial charge in [-0.3, -0.25) is 4.79 Å². The smallest absolute Gasteiger partial charge is 0.230 e. The number of amides is 1. The van der Waals surface area contributed by atoms with Crippen LogP contribution < -0.4 is 14.8 Å². The molecule has 8 nitrogen and oxygen atoms in total. The average molecular weight is 374 g/mol. The van der Waals surface area contributed by atoms with Gasteiger partial charge in [-0.25, -0.2) is 9.67 Å². The summed E-state index contributed by atoms with van der Waals surface area (Å²) < 4.78 is 12.5. The zero-order valence-corrected chi connectivity index (χ0v) is 15.9. The van der Waals surface area contributed by atoms with Crippen LogP contribution in [0.5, 0.6) is 11.5 Å². The third kappa shape index (κ3) is 4.97. The van der Waals surface area contributed by atoms with Gasteiger partial charge in [-0.2, -0.15) is 5.10 Å². The van der Waals surface area contributed by atoms with Crippen molar-refractivity contribution in [2.75, 3.05) is 13.7 Å². The molecular formula is C19H26N4O4. The number of methoxy groups -OCH3 is 1. The number of ether oxygens (including phenoxy) is 2. The third-order valence-corrected chi connectivity index (χ3v) is 4.31. The number of aliphatic hydroxyl groups is 1. The van der Waals surface area contributed by atoms with Gasteiger partial charge in [0.25, 0.3) is 0 Å². The standard InChI is InChI=1S/C19H26N4O4/c1-19(2,25)12-23-17(15-5-4-10-20-18(15)24)21-16(22-23)11-27-14-8-6-13(26-3)7-9-14/h6-9,15,25H,4-5,10-12H2,1-3H3,(H,20,24). The number of aromatic nitrogens is 3. The Kier molecular flexibility index (Phi) is 5.65. The molecule has 1 aliphatic heterocycles. The molecule has 2 N–H and O–H groups in total. The lowest BCUT2D eigenvalue weighted by molar-refractivity contribution is -0.124. The Labute approximate surface area is 158 Å². The van der Waals surface area contributed by atoms with Crippen molar-refractivity contribution in [3.8, 4) is 11.5 Å². The third-order valence-electron chi connectivity index (χ3n) is 4.31. The fraction of sp³-hybridized carbons (Fsp3) is 0.526. The van der Waals surface area contributed by atoms with Crippen LogP contribution in [-0.4, -0.2) is 45.0 Å². The normalized spacial score (nSPS) is 17.5. The van der Waals surface area contributed by atoms with Crippen molar-refractivity contribution >= 4 is 5.91 Å². The quantitative estimate of drug-likeness (QED) is 0.764. The Morgan fingerprint density at radius 1 is 1.30 bits per heavy atom. The molecule has 0 spiro atoms. The maximum Gasteiger partial charge on any atom is 0.230 e. The van der Waals surface area contributed by atoms with Gasteiger partial charge in [-0.1, -0.05) is 0 Å². The molecule has 0 saturated carbocycles. The Morgan fingerprint density at radius 2 is 2.00 bits per heavy atom. The fourth-order valence-corrected chi connectivity index (χ4v) is 3.04. The molecule has 8 heteroatoms. The van der Waals surface area contributed by atoms with Crippen molar-refractivity contribution in [2.24, 2.45) is 0 Å². The van der Waals surface area contributed by atoms with Gasteiger partial charge in [0.15, 0.2) is 5.82 Å². The zero-order chi connectivity index (χ0) is 19.4. The maximum atomic E-state index is 12.3. The average Bonchev–Trinajstić information content (AvgIpc) is 3.01. The van der Waals surface area contributed by atoms with Gasteiger partial charge < -0.3 is 19.9 Å². The molecule has 1 aromatic heterocycles. The molecule has 1 aliphatic rings. The number of piperidine rings is 1. The highest BCUT2D eigenvalue weighted by Gasteiger charge is 2.30. The van der Waals surface area contributed by atoms with E-state index in [-0.39, 0.29) is 25.0 Å². The first-order chi connectivity index (χ1) is 12.9. The van der Waals surface area contributed by atoms with Crippen LogP contribution >= 0.6 is 0 Å². The Balaban J connectivity index is 1.78. The van der Waals surface area contributed by atoms with Crippen molar-refractivity contribution in [3.05, 3.63) is 35.9 Å². The van der Waals surface area contributed by atoms with E-state index in [2.05, 4.69) is 15.4 Å². The van der Waals surface area contributed by atoms with Gasteiger partial charge in [-0.15, -0.1) is 0 Å². The number of carbonyl (C=O) groups is 1. The van der Waals surface area contributed by atoms with Crippen LogP contribution in [0.15, 0.2) is 24.3 Å². The minimum absolute atomic E-state index is 0.0479. The molecule has 1 saturated heterocycles. The van der Waals surface area contributed by atoms with E-state index < -0.39 is 5.60 Å². The molecule has 0 radical (unpaired) electrons. The summed E-state index contributed by atoms with van der Waals surface area (Å²) in [5.41, 5.74) is -0.971. The number of carbonyl (C=O) groups excluding carboxylic acids is 1. The second-order valence-electron chi connectivity index (χ2n) is 7.31. The van der Waals surface area contributed by atoms with Gasteiger partial charge in [0, 0.05) is 6.54 Å². The first kappa shape index (κ1) is 19.2. The summed E-state index contributed by atoms with van der Waals surface area (Å²) in [6.45, 7) is 4.51. The molecule has 146 valence electrons. The van der Waals surface area contributed by atoms with E-state index in [1.165, 1.54) is 0 Å². The number of rotatable bonds is 7. The highest BCUT2D eigenvalue weighted by atomic mass is 16.5. The molecule has 1 unspecified atom stereocenters. The van der Waals surface area contributed by atoms with Crippen LogP contribution in [0.3, 0.4) is 0 Å². The Hall–Kier alpha value is -2.61. The monoisotopic (exact) mass is 374 g/mol. The predicted molar refractivity (Wildman–Crippen MR) is 98.6 cm³/mol. The van der Waals surface area contributed by atoms with Crippen LogP contribution in [0.25, 0.3) is 0 Å². The molecule has 0 bridgehead atoms. The summed E-state index contributed by atoms with van der Waals surface area (Å²) in [4.78, 5) is 16.8. The minimum atomic E-state index is -0.971. The highest BCUT2D eigenvalue weighted by molar-refractivity contribution is 5.83. The lowest BCUT2D eigenvalue weighted by atomic mass is 9.97. The molecule has 1 fully saturated rings. The minimum Gasteiger partial charge on any atom is -0.497 e. The predicted octanol–water partition coefficient (Wildman–Crippen LogP) is 1.63. The molecular weight excluding hydrogens is 348 g/mol. The second kappa shape index (κ2) is 7.96. The van der Waals surface area contributed by atoms with Gasteiger partial charge in [0.1, 0.15) is 23.9 Å². The van der Waals surface area contributed by atoms with Crippen LogP contribution in [0, 0.1) is 0 Å². The summed E-state index contributed by atoms with van der Waals surface area (Å²) >= 11 is 0. The molecule has 2 heterocycles. The van der Waals surface area contributed by atoms with Crippen molar-refractivity contribution < 1.29 is 19.4 Å². The van der Waals surface area contributed by atoms with Crippen LogP contribution in [-0.2, 0) is 17.9 Å². The van der Waals surface area contributed by atoms with Gasteiger partial charge in [0.05, 0.1) is 25.2 Å². The SMILES string of the molecule is COc1ccc(OCc2nc(C3CCCNC3=O)n(CC(C)(C)O)n2)cc1. The molecule has 2 aromatic rings. The summed E-state index contributed by atoms with van der Waals surface area (Å²) in [5, 5.41) is 17.5. The Bertz CT molecular complexity index is 780. The molecule has 0 aliphatic carbocycles. The van der Waals surface area contributed by atoms with Gasteiger partial charge in [0.2, 0.25) is 5.91 Å². The van der Waals surface area contributed by atoms with Crippen molar-refractivity contribution in [2.45, 2.75) is 51.4 Å². The lowest BCUT2D eigenvalue weighted by Crippen LogP contribution is -2.37. The number of hydrogen-bond acceptors (Lipinski definition) is 6. The molecule has 1 atom stereocenters. The highest BCUT2D eigenvalue weighted by Crippen LogP contribution is 2.25. The summed E-state index contributed by atoms with van der Waals surface area (Å²) in [6.07, 6.45) is 1.61. The van der Waals surface area contributed by atoms with E-state index in [1.54, 1.807) is 25.6 Å². The fourth-order valence-electron chi connectivity index (χ4n) is 3.04. The maximum absolute atomic E-state index is 12.3. The van der Waals surface area contributed by atoms with Crippen molar-refractivity contribution in [3.63, 3.8) is 0 Å². The number of nitrogens with zero attached hydrogens (tertiary/aromatic N) is 3. The van der Waals surface area contributed by atoms with Crippen molar-refractivity contribution in [1.82, 2.24) is 20.1 Å². The van der Waals surface area contributed by atoms with Crippen LogP contribution in [0.2, 0.25) is 0 Å². The summed E-state index contributed by atoms with van der Waals surface area (Å²) in [7, 11) is 1.61. The first-order valence-electron chi connectivity index (χ1n) is 9.06. The number of nitrogens with one attached hydrogen (secondary N) is 1. The van der Waals surface area contributed by atoms with Gasteiger partial charge >= 0.3 is 0 Å². The lowest BCUT2D eigenvalue weighted by Gasteiger charge is -2.23. The summed E-state index contributed by atoms with van der Waals surface area (Å²) in [5.74, 6) is 2.06. The van der Waals surface area contributed by atoms with E-state index in [0.29, 0.717) is 23.9 Å². The zero-order valence-electron chi connectivity index (χ0n) is 15.9. The van der Waals surface area contributed by atoms with Crippen molar-refractivity contribution in [1.29, 1.82) is 0 Å². The van der Waals surface area contributed by atoms with E-state index in [9.17, 15) is 9.90 Å². The second-order valence-corrected chi connectivity index (χ2v) is 7.31. The van der Waals surface area contributed by atoms with Crippen LogP contribution in [0.1, 0.15) is 44.3 Å².